The van der Waals surface area contributed by atoms with Gasteiger partial charge in [-0.3, -0.25) is 4.90 Å². The van der Waals surface area contributed by atoms with Crippen LogP contribution < -0.4 is 0 Å². The van der Waals surface area contributed by atoms with Crippen molar-refractivity contribution in [2.24, 2.45) is 0 Å². The Morgan fingerprint density at radius 1 is 1.19 bits per heavy atom. The first kappa shape index (κ1) is 10.2. The van der Waals surface area contributed by atoms with E-state index in [1.807, 2.05) is 6.07 Å². The molecule has 2 aliphatic rings. The average molecular weight is 223 g/mol. The Kier molecular flexibility index (Phi) is 2.43. The molecule has 0 spiro atoms. The van der Waals surface area contributed by atoms with Crippen LogP contribution in [-0.4, -0.2) is 23.7 Å². The zero-order valence-electron chi connectivity index (χ0n) is 9.13. The highest BCUT2D eigenvalue weighted by Gasteiger charge is 2.36. The first-order valence-electron chi connectivity index (χ1n) is 5.89. The molecule has 0 saturated heterocycles. The second kappa shape index (κ2) is 3.81. The lowest BCUT2D eigenvalue weighted by Gasteiger charge is -2.42. The van der Waals surface area contributed by atoms with Gasteiger partial charge >= 0.3 is 0 Å². The summed E-state index contributed by atoms with van der Waals surface area (Å²) in [5.74, 6) is -0.189. The molecule has 3 rings (SSSR count). The number of fused-ring (bicyclic) bond motifs is 1. The van der Waals surface area contributed by atoms with E-state index in [2.05, 4.69) is 4.90 Å². The maximum absolute atomic E-state index is 13.3. The number of nitrogens with zero attached hydrogens (tertiary/aromatic N) is 1. The van der Waals surface area contributed by atoms with Gasteiger partial charge in [0.05, 0.1) is 0 Å². The molecule has 1 nitrogen and oxygen atoms in total. The number of benzene rings is 1. The van der Waals surface area contributed by atoms with E-state index in [0.717, 1.165) is 24.9 Å². The average Bonchev–Trinajstić information content (AvgIpc) is 2.26. The molecule has 2 unspecified atom stereocenters. The molecule has 0 amide bonds. The molecule has 3 heteroatoms. The summed E-state index contributed by atoms with van der Waals surface area (Å²) in [5.41, 5.74) is 2.25. The van der Waals surface area contributed by atoms with Gasteiger partial charge in [-0.15, -0.1) is 0 Å². The molecular formula is C13H15F2N. The van der Waals surface area contributed by atoms with Gasteiger partial charge in [0.15, 0.2) is 0 Å². The van der Waals surface area contributed by atoms with Gasteiger partial charge < -0.3 is 0 Å². The minimum Gasteiger partial charge on any atom is -0.293 e. The fourth-order valence-corrected chi connectivity index (χ4v) is 2.68. The fourth-order valence-electron chi connectivity index (χ4n) is 2.68. The lowest BCUT2D eigenvalue weighted by molar-refractivity contribution is 0.0260. The van der Waals surface area contributed by atoms with Gasteiger partial charge in [-0.05, 0) is 42.5 Å². The van der Waals surface area contributed by atoms with Crippen molar-refractivity contribution in [3.8, 4) is 0 Å². The zero-order chi connectivity index (χ0) is 11.1. The molecule has 2 atom stereocenters. The van der Waals surface area contributed by atoms with Gasteiger partial charge in [0.25, 0.3) is 0 Å². The van der Waals surface area contributed by atoms with Crippen LogP contribution in [-0.2, 0) is 13.0 Å². The number of hydrogen-bond donors (Lipinski definition) is 0. The molecule has 86 valence electrons. The Bertz CT molecular complexity index is 405. The van der Waals surface area contributed by atoms with Crippen LogP contribution in [0.5, 0.6) is 0 Å². The summed E-state index contributed by atoms with van der Waals surface area (Å²) in [7, 11) is 0. The van der Waals surface area contributed by atoms with E-state index in [4.69, 9.17) is 0 Å². The van der Waals surface area contributed by atoms with E-state index in [0.29, 0.717) is 13.0 Å². The third kappa shape index (κ3) is 1.63. The molecule has 1 aliphatic carbocycles. The number of alkyl halides is 1. The van der Waals surface area contributed by atoms with Crippen LogP contribution in [0.1, 0.15) is 24.0 Å². The van der Waals surface area contributed by atoms with Crippen LogP contribution in [0, 0.1) is 5.82 Å². The van der Waals surface area contributed by atoms with Crippen LogP contribution in [0.25, 0.3) is 0 Å². The van der Waals surface area contributed by atoms with Gasteiger partial charge in [0.2, 0.25) is 0 Å². The van der Waals surface area contributed by atoms with Crippen LogP contribution in [0.3, 0.4) is 0 Å². The predicted molar refractivity (Wildman–Crippen MR) is 58.4 cm³/mol. The van der Waals surface area contributed by atoms with Crippen molar-refractivity contribution in [1.29, 1.82) is 0 Å². The van der Waals surface area contributed by atoms with Crippen molar-refractivity contribution >= 4 is 0 Å². The van der Waals surface area contributed by atoms with Gasteiger partial charge in [-0.2, -0.15) is 0 Å². The van der Waals surface area contributed by atoms with E-state index >= 15 is 0 Å². The third-order valence-corrected chi connectivity index (χ3v) is 3.83. The largest absolute Gasteiger partial charge is 0.293 e. The van der Waals surface area contributed by atoms with Gasteiger partial charge in [0.1, 0.15) is 12.0 Å². The zero-order valence-corrected chi connectivity index (χ0v) is 9.13. The maximum atomic E-state index is 13.3. The van der Waals surface area contributed by atoms with Gasteiger partial charge in [-0.1, -0.05) is 6.07 Å². The van der Waals surface area contributed by atoms with E-state index in [9.17, 15) is 8.78 Å². The number of rotatable bonds is 1. The monoisotopic (exact) mass is 223 g/mol. The molecule has 1 saturated carbocycles. The normalized spacial score (nSPS) is 29.6. The molecule has 0 N–H and O–H groups in total. The summed E-state index contributed by atoms with van der Waals surface area (Å²) in [5, 5.41) is 0. The smallest absolute Gasteiger partial charge is 0.123 e. The quantitative estimate of drug-likeness (QED) is 0.707. The van der Waals surface area contributed by atoms with Crippen molar-refractivity contribution in [3.05, 3.63) is 35.1 Å². The van der Waals surface area contributed by atoms with Crippen LogP contribution in [0.2, 0.25) is 0 Å². The minimum atomic E-state index is -0.671. The second-order valence-corrected chi connectivity index (χ2v) is 4.79. The van der Waals surface area contributed by atoms with Crippen LogP contribution in [0.15, 0.2) is 18.2 Å². The summed E-state index contributed by atoms with van der Waals surface area (Å²) in [6.45, 7) is 1.61. The Morgan fingerprint density at radius 3 is 2.75 bits per heavy atom. The Labute approximate surface area is 94.1 Å². The molecule has 1 heterocycles. The first-order chi connectivity index (χ1) is 7.74. The van der Waals surface area contributed by atoms with Gasteiger partial charge in [0, 0.05) is 19.1 Å². The standard InChI is InChI=1S/C13H15F2N/c14-11-2-1-9-5-6-16(8-10(9)7-11)13-4-3-12(13)15/h1-2,7,12-13H,3-6,8H2. The molecule has 16 heavy (non-hydrogen) atoms. The Morgan fingerprint density at radius 2 is 2.06 bits per heavy atom. The van der Waals surface area contributed by atoms with Crippen molar-refractivity contribution in [2.45, 2.75) is 38.0 Å². The van der Waals surface area contributed by atoms with E-state index in [1.54, 1.807) is 6.07 Å². The number of hydrogen-bond acceptors (Lipinski definition) is 1. The topological polar surface area (TPSA) is 3.24 Å². The highest BCUT2D eigenvalue weighted by Crippen LogP contribution is 2.32. The van der Waals surface area contributed by atoms with Crippen molar-refractivity contribution in [1.82, 2.24) is 4.90 Å². The summed E-state index contributed by atoms with van der Waals surface area (Å²) < 4.78 is 26.4. The molecule has 1 fully saturated rings. The first-order valence-corrected chi connectivity index (χ1v) is 5.89. The molecular weight excluding hydrogens is 208 g/mol. The molecule has 1 aliphatic heterocycles. The third-order valence-electron chi connectivity index (χ3n) is 3.83. The Balaban J connectivity index is 1.80. The van der Waals surface area contributed by atoms with Crippen LogP contribution >= 0.6 is 0 Å². The number of halogens is 2. The van der Waals surface area contributed by atoms with E-state index < -0.39 is 6.17 Å². The molecule has 1 aromatic carbocycles. The lowest BCUT2D eigenvalue weighted by Crippen LogP contribution is -2.50. The molecule has 1 aromatic rings. The predicted octanol–water partition coefficient (Wildman–Crippen LogP) is 2.68. The summed E-state index contributed by atoms with van der Waals surface area (Å²) in [6, 6.07) is 5.04. The van der Waals surface area contributed by atoms with Crippen molar-refractivity contribution in [2.75, 3.05) is 6.54 Å². The fraction of sp³-hybridized carbons (Fsp3) is 0.538. The summed E-state index contributed by atoms with van der Waals surface area (Å²) in [6.07, 6.45) is 1.89. The van der Waals surface area contributed by atoms with Crippen molar-refractivity contribution < 1.29 is 8.78 Å². The Hall–Kier alpha value is -0.960. The summed E-state index contributed by atoms with van der Waals surface area (Å²) >= 11 is 0. The molecule has 0 aromatic heterocycles. The SMILES string of the molecule is Fc1ccc2c(c1)CN(C1CCC1F)CC2. The minimum absolute atomic E-state index is 0.0800. The van der Waals surface area contributed by atoms with Gasteiger partial charge in [-0.25, -0.2) is 8.78 Å². The lowest BCUT2D eigenvalue weighted by atomic mass is 9.87. The highest BCUT2D eigenvalue weighted by atomic mass is 19.1. The maximum Gasteiger partial charge on any atom is 0.123 e. The molecule has 0 bridgehead atoms. The molecule has 0 radical (unpaired) electrons. The van der Waals surface area contributed by atoms with Crippen molar-refractivity contribution in [3.63, 3.8) is 0 Å². The van der Waals surface area contributed by atoms with E-state index in [1.165, 1.54) is 11.6 Å². The summed E-state index contributed by atoms with van der Waals surface area (Å²) in [4.78, 5) is 2.16. The highest BCUT2D eigenvalue weighted by molar-refractivity contribution is 5.30. The van der Waals surface area contributed by atoms with E-state index in [-0.39, 0.29) is 11.9 Å². The second-order valence-electron chi connectivity index (χ2n) is 4.79. The van der Waals surface area contributed by atoms with Crippen LogP contribution in [0.4, 0.5) is 8.78 Å².